The minimum atomic E-state index is -4.82. The molecule has 1 N–H and O–H groups in total. The Balaban J connectivity index is 2.43. The van der Waals surface area contributed by atoms with E-state index in [1.54, 1.807) is 0 Å². The summed E-state index contributed by atoms with van der Waals surface area (Å²) < 4.78 is 36.4. The highest BCUT2D eigenvalue weighted by molar-refractivity contribution is 5.87. The van der Waals surface area contributed by atoms with Crippen molar-refractivity contribution in [2.75, 3.05) is 13.1 Å². The lowest BCUT2D eigenvalue weighted by Gasteiger charge is -2.32. The summed E-state index contributed by atoms with van der Waals surface area (Å²) in [6.07, 6.45) is -3.08. The molecule has 1 rings (SSSR count). The van der Waals surface area contributed by atoms with Crippen LogP contribution in [0.25, 0.3) is 0 Å². The van der Waals surface area contributed by atoms with E-state index in [0.717, 1.165) is 11.0 Å². The van der Waals surface area contributed by atoms with Crippen molar-refractivity contribution in [3.8, 4) is 0 Å². The summed E-state index contributed by atoms with van der Waals surface area (Å²) >= 11 is 0. The van der Waals surface area contributed by atoms with Gasteiger partial charge in [-0.3, -0.25) is 9.59 Å². The first-order chi connectivity index (χ1) is 7.84. The molecule has 0 aromatic carbocycles. The fourth-order valence-corrected chi connectivity index (χ4v) is 1.67. The second-order valence-electron chi connectivity index (χ2n) is 3.78. The zero-order valence-corrected chi connectivity index (χ0v) is 9.09. The van der Waals surface area contributed by atoms with Gasteiger partial charge in [-0.15, -0.1) is 0 Å². The highest BCUT2D eigenvalue weighted by Gasteiger charge is 2.43. The van der Waals surface area contributed by atoms with E-state index in [-0.39, 0.29) is 25.0 Å². The molecule has 1 fully saturated rings. The molecular formula is C10H13F3N2O2. The number of likely N-dealkylation sites (tertiary alicyclic amines) is 1. The smallest absolute Gasteiger partial charge is 0.350 e. The molecule has 1 saturated heterocycles. The Bertz CT molecular complexity index is 320. The van der Waals surface area contributed by atoms with Gasteiger partial charge in [0.15, 0.2) is 0 Å². The van der Waals surface area contributed by atoms with Crippen LogP contribution in [0.2, 0.25) is 0 Å². The Labute approximate surface area is 96.5 Å². The van der Waals surface area contributed by atoms with Crippen LogP contribution in [-0.4, -0.2) is 42.0 Å². The second-order valence-corrected chi connectivity index (χ2v) is 3.78. The molecule has 1 aliphatic rings. The van der Waals surface area contributed by atoms with E-state index in [1.807, 2.05) is 0 Å². The van der Waals surface area contributed by atoms with Gasteiger partial charge in [-0.1, -0.05) is 6.58 Å². The number of hydrogen-bond donors (Lipinski definition) is 1. The van der Waals surface area contributed by atoms with Crippen LogP contribution in [-0.2, 0) is 9.59 Å². The molecule has 0 saturated carbocycles. The standard InChI is InChI=1S/C10H13F3N2O2/c1-2-8(16)14-7-3-5-15(6-4-7)9(17)10(11,12)13/h2,7H,1,3-6H2,(H,14,16). The molecule has 2 amide bonds. The van der Waals surface area contributed by atoms with Gasteiger partial charge in [0.2, 0.25) is 5.91 Å². The van der Waals surface area contributed by atoms with Crippen LogP contribution >= 0.6 is 0 Å². The third kappa shape index (κ3) is 3.76. The average Bonchev–Trinajstić information content (AvgIpc) is 2.27. The van der Waals surface area contributed by atoms with E-state index in [1.165, 1.54) is 0 Å². The monoisotopic (exact) mass is 250 g/mol. The van der Waals surface area contributed by atoms with Crippen molar-refractivity contribution in [2.24, 2.45) is 0 Å². The lowest BCUT2D eigenvalue weighted by molar-refractivity contribution is -0.186. The van der Waals surface area contributed by atoms with Crippen molar-refractivity contribution < 1.29 is 22.8 Å². The summed E-state index contributed by atoms with van der Waals surface area (Å²) in [6.45, 7) is 3.28. The number of piperidine rings is 1. The van der Waals surface area contributed by atoms with Crippen molar-refractivity contribution in [1.29, 1.82) is 0 Å². The summed E-state index contributed by atoms with van der Waals surface area (Å²) in [5, 5.41) is 2.59. The number of carbonyl (C=O) groups is 2. The van der Waals surface area contributed by atoms with Crippen LogP contribution in [0.3, 0.4) is 0 Å². The quantitative estimate of drug-likeness (QED) is 0.738. The summed E-state index contributed by atoms with van der Waals surface area (Å²) in [7, 11) is 0. The first-order valence-corrected chi connectivity index (χ1v) is 5.13. The third-order valence-electron chi connectivity index (χ3n) is 2.56. The normalized spacial score (nSPS) is 17.7. The van der Waals surface area contributed by atoms with Crippen molar-refractivity contribution >= 4 is 11.8 Å². The number of nitrogens with zero attached hydrogens (tertiary/aromatic N) is 1. The molecular weight excluding hydrogens is 237 g/mol. The Morgan fingerprint density at radius 1 is 1.29 bits per heavy atom. The van der Waals surface area contributed by atoms with Gasteiger partial charge in [0.25, 0.3) is 0 Å². The highest BCUT2D eigenvalue weighted by atomic mass is 19.4. The molecule has 4 nitrogen and oxygen atoms in total. The van der Waals surface area contributed by atoms with Gasteiger partial charge >= 0.3 is 12.1 Å². The third-order valence-corrected chi connectivity index (χ3v) is 2.56. The summed E-state index contributed by atoms with van der Waals surface area (Å²) in [5.41, 5.74) is 0. The Morgan fingerprint density at radius 2 is 1.82 bits per heavy atom. The molecule has 0 unspecified atom stereocenters. The predicted molar refractivity (Wildman–Crippen MR) is 54.0 cm³/mol. The molecule has 1 aliphatic heterocycles. The molecule has 96 valence electrons. The summed E-state index contributed by atoms with van der Waals surface area (Å²) in [5.74, 6) is -2.17. The van der Waals surface area contributed by atoms with Crippen LogP contribution in [0.4, 0.5) is 13.2 Å². The minimum Gasteiger partial charge on any atom is -0.350 e. The van der Waals surface area contributed by atoms with Crippen LogP contribution in [0, 0.1) is 0 Å². The van der Waals surface area contributed by atoms with E-state index in [9.17, 15) is 22.8 Å². The van der Waals surface area contributed by atoms with Crippen molar-refractivity contribution in [2.45, 2.75) is 25.1 Å². The highest BCUT2D eigenvalue weighted by Crippen LogP contribution is 2.21. The minimum absolute atomic E-state index is 0.000429. The van der Waals surface area contributed by atoms with Gasteiger partial charge in [0.05, 0.1) is 0 Å². The first-order valence-electron chi connectivity index (χ1n) is 5.13. The molecule has 0 aromatic heterocycles. The molecule has 0 spiro atoms. The molecule has 1 heterocycles. The zero-order chi connectivity index (χ0) is 13.1. The lowest BCUT2D eigenvalue weighted by Crippen LogP contribution is -2.49. The van der Waals surface area contributed by atoms with Crippen LogP contribution < -0.4 is 5.32 Å². The van der Waals surface area contributed by atoms with E-state index in [4.69, 9.17) is 0 Å². The average molecular weight is 250 g/mol. The predicted octanol–water partition coefficient (Wildman–Crippen LogP) is 0.842. The van der Waals surface area contributed by atoms with Crippen molar-refractivity contribution in [3.63, 3.8) is 0 Å². The van der Waals surface area contributed by atoms with E-state index < -0.39 is 12.1 Å². The number of rotatable bonds is 2. The number of carbonyl (C=O) groups excluding carboxylic acids is 2. The van der Waals surface area contributed by atoms with Gasteiger partial charge in [-0.05, 0) is 18.9 Å². The van der Waals surface area contributed by atoms with Crippen molar-refractivity contribution in [3.05, 3.63) is 12.7 Å². The maximum Gasteiger partial charge on any atom is 0.471 e. The number of amides is 2. The summed E-state index contributed by atoms with van der Waals surface area (Å²) in [4.78, 5) is 22.6. The number of nitrogens with one attached hydrogen (secondary N) is 1. The van der Waals surface area contributed by atoms with Crippen molar-refractivity contribution in [1.82, 2.24) is 10.2 Å². The van der Waals surface area contributed by atoms with E-state index >= 15 is 0 Å². The number of alkyl halides is 3. The Kier molecular flexibility index (Phi) is 4.14. The molecule has 0 bridgehead atoms. The zero-order valence-electron chi connectivity index (χ0n) is 9.09. The molecule has 0 aliphatic carbocycles. The largest absolute Gasteiger partial charge is 0.471 e. The molecule has 0 atom stereocenters. The molecule has 17 heavy (non-hydrogen) atoms. The summed E-state index contributed by atoms with van der Waals surface area (Å²) in [6, 6.07) is -0.196. The first kappa shape index (κ1) is 13.5. The molecule has 7 heteroatoms. The van der Waals surface area contributed by atoms with Crippen LogP contribution in [0.15, 0.2) is 12.7 Å². The van der Waals surface area contributed by atoms with Gasteiger partial charge in [-0.2, -0.15) is 13.2 Å². The fourth-order valence-electron chi connectivity index (χ4n) is 1.67. The van der Waals surface area contributed by atoms with Crippen LogP contribution in [0.1, 0.15) is 12.8 Å². The van der Waals surface area contributed by atoms with Crippen LogP contribution in [0.5, 0.6) is 0 Å². The van der Waals surface area contributed by atoms with Gasteiger partial charge in [0.1, 0.15) is 0 Å². The van der Waals surface area contributed by atoms with Gasteiger partial charge in [-0.25, -0.2) is 0 Å². The Hall–Kier alpha value is -1.53. The topological polar surface area (TPSA) is 49.4 Å². The molecule has 0 radical (unpaired) electrons. The SMILES string of the molecule is C=CC(=O)NC1CCN(C(=O)C(F)(F)F)CC1. The Morgan fingerprint density at radius 3 is 2.24 bits per heavy atom. The van der Waals surface area contributed by atoms with E-state index in [0.29, 0.717) is 12.8 Å². The maximum absolute atomic E-state index is 12.1. The molecule has 0 aromatic rings. The lowest BCUT2D eigenvalue weighted by atomic mass is 10.0. The second kappa shape index (κ2) is 5.20. The number of halogens is 3. The van der Waals surface area contributed by atoms with Gasteiger partial charge in [0, 0.05) is 19.1 Å². The van der Waals surface area contributed by atoms with Gasteiger partial charge < -0.3 is 10.2 Å². The maximum atomic E-state index is 12.1. The fraction of sp³-hybridized carbons (Fsp3) is 0.600. The van der Waals surface area contributed by atoms with E-state index in [2.05, 4.69) is 11.9 Å². The number of hydrogen-bond acceptors (Lipinski definition) is 2.